The van der Waals surface area contributed by atoms with Gasteiger partial charge in [-0.2, -0.15) is 0 Å². The number of esters is 1. The van der Waals surface area contributed by atoms with Crippen LogP contribution >= 0.6 is 0 Å². The van der Waals surface area contributed by atoms with E-state index in [4.69, 9.17) is 9.47 Å². The zero-order chi connectivity index (χ0) is 15.1. The molecule has 4 nitrogen and oxygen atoms in total. The number of benzene rings is 1. The molecule has 1 aromatic carbocycles. The van der Waals surface area contributed by atoms with Gasteiger partial charge in [0.2, 0.25) is 0 Å². The van der Waals surface area contributed by atoms with Crippen molar-refractivity contribution in [2.24, 2.45) is 4.99 Å². The standard InChI is InChI=1S/C17H23NO3/c1-20-16-10-6-4-8-14(18-16)12-11-13-7-3-5-9-15(13)17(19)21-2/h3,5,7,9,14H,4,6,8,10-12H2,1-2H3. The van der Waals surface area contributed by atoms with Crippen LogP contribution in [0.25, 0.3) is 0 Å². The predicted molar refractivity (Wildman–Crippen MR) is 82.8 cm³/mol. The van der Waals surface area contributed by atoms with Crippen LogP contribution in [-0.2, 0) is 15.9 Å². The third kappa shape index (κ3) is 4.31. The van der Waals surface area contributed by atoms with Crippen molar-refractivity contribution in [1.82, 2.24) is 0 Å². The summed E-state index contributed by atoms with van der Waals surface area (Å²) in [6.45, 7) is 0. The minimum Gasteiger partial charge on any atom is -0.484 e. The summed E-state index contributed by atoms with van der Waals surface area (Å²) in [5.41, 5.74) is 1.69. The Hall–Kier alpha value is -1.84. The molecule has 0 fully saturated rings. The van der Waals surface area contributed by atoms with Gasteiger partial charge in [-0.15, -0.1) is 0 Å². The number of hydrogen-bond donors (Lipinski definition) is 0. The first-order valence-corrected chi connectivity index (χ1v) is 7.51. The van der Waals surface area contributed by atoms with Crippen LogP contribution in [-0.4, -0.2) is 32.1 Å². The molecular formula is C17H23NO3. The van der Waals surface area contributed by atoms with Crippen LogP contribution in [0.5, 0.6) is 0 Å². The molecule has 0 radical (unpaired) electrons. The number of hydrogen-bond acceptors (Lipinski definition) is 4. The predicted octanol–water partition coefficient (Wildman–Crippen LogP) is 3.39. The summed E-state index contributed by atoms with van der Waals surface area (Å²) >= 11 is 0. The first-order chi connectivity index (χ1) is 10.2. The van der Waals surface area contributed by atoms with Gasteiger partial charge < -0.3 is 9.47 Å². The summed E-state index contributed by atoms with van der Waals surface area (Å²) in [6.07, 6.45) is 6.11. The Balaban J connectivity index is 2.04. The maximum Gasteiger partial charge on any atom is 0.338 e. The molecule has 0 saturated heterocycles. The van der Waals surface area contributed by atoms with Gasteiger partial charge in [-0.25, -0.2) is 4.79 Å². The molecule has 4 heteroatoms. The summed E-state index contributed by atoms with van der Waals surface area (Å²) in [5, 5.41) is 0. The number of ether oxygens (including phenoxy) is 2. The van der Waals surface area contributed by atoms with E-state index in [-0.39, 0.29) is 12.0 Å². The Kier molecular flexibility index (Phi) is 5.78. The highest BCUT2D eigenvalue weighted by Gasteiger charge is 2.16. The topological polar surface area (TPSA) is 47.9 Å². The van der Waals surface area contributed by atoms with Gasteiger partial charge in [0, 0.05) is 6.42 Å². The molecule has 0 aromatic heterocycles. The fraction of sp³-hybridized carbons (Fsp3) is 0.529. The van der Waals surface area contributed by atoms with Crippen molar-refractivity contribution in [3.05, 3.63) is 35.4 Å². The van der Waals surface area contributed by atoms with Crippen molar-refractivity contribution in [3.8, 4) is 0 Å². The molecule has 1 aliphatic heterocycles. The number of aliphatic imine (C=N–C) groups is 1. The van der Waals surface area contributed by atoms with Gasteiger partial charge in [0.05, 0.1) is 25.8 Å². The van der Waals surface area contributed by atoms with E-state index in [1.54, 1.807) is 7.11 Å². The molecule has 2 rings (SSSR count). The molecule has 0 bridgehead atoms. The fourth-order valence-corrected chi connectivity index (χ4v) is 2.72. The lowest BCUT2D eigenvalue weighted by Gasteiger charge is -2.13. The van der Waals surface area contributed by atoms with Crippen molar-refractivity contribution >= 4 is 11.9 Å². The first kappa shape index (κ1) is 15.5. The molecule has 0 aliphatic carbocycles. The molecule has 1 atom stereocenters. The van der Waals surface area contributed by atoms with Gasteiger partial charge in [0.25, 0.3) is 0 Å². The zero-order valence-electron chi connectivity index (χ0n) is 12.8. The molecule has 0 amide bonds. The van der Waals surface area contributed by atoms with Crippen molar-refractivity contribution in [3.63, 3.8) is 0 Å². The minimum atomic E-state index is -0.271. The van der Waals surface area contributed by atoms with E-state index in [0.29, 0.717) is 5.56 Å². The molecule has 21 heavy (non-hydrogen) atoms. The van der Waals surface area contributed by atoms with E-state index in [2.05, 4.69) is 4.99 Å². The van der Waals surface area contributed by atoms with Crippen molar-refractivity contribution in [2.45, 2.75) is 44.6 Å². The molecule has 1 aliphatic rings. The second-order valence-electron chi connectivity index (χ2n) is 5.31. The second-order valence-corrected chi connectivity index (χ2v) is 5.31. The Morgan fingerprint density at radius 2 is 2.10 bits per heavy atom. The zero-order valence-corrected chi connectivity index (χ0v) is 12.8. The lowest BCUT2D eigenvalue weighted by Crippen LogP contribution is -2.11. The highest BCUT2D eigenvalue weighted by molar-refractivity contribution is 5.90. The van der Waals surface area contributed by atoms with E-state index < -0.39 is 0 Å². The maximum absolute atomic E-state index is 11.8. The Morgan fingerprint density at radius 1 is 1.29 bits per heavy atom. The van der Waals surface area contributed by atoms with Gasteiger partial charge in [0.15, 0.2) is 5.90 Å². The number of aryl methyl sites for hydroxylation is 1. The van der Waals surface area contributed by atoms with E-state index in [1.807, 2.05) is 24.3 Å². The number of rotatable bonds is 4. The molecule has 0 N–H and O–H groups in total. The van der Waals surface area contributed by atoms with Crippen molar-refractivity contribution in [2.75, 3.05) is 14.2 Å². The largest absolute Gasteiger partial charge is 0.484 e. The summed E-state index contributed by atoms with van der Waals surface area (Å²) in [5.74, 6) is 0.589. The summed E-state index contributed by atoms with van der Waals surface area (Å²) in [4.78, 5) is 16.5. The van der Waals surface area contributed by atoms with Crippen LogP contribution < -0.4 is 0 Å². The Labute approximate surface area is 126 Å². The van der Waals surface area contributed by atoms with Crippen LogP contribution in [0.1, 0.15) is 48.0 Å². The summed E-state index contributed by atoms with van der Waals surface area (Å²) < 4.78 is 10.1. The molecule has 114 valence electrons. The second kappa shape index (κ2) is 7.81. The number of carbonyl (C=O) groups excluding carboxylic acids is 1. The lowest BCUT2D eigenvalue weighted by molar-refractivity contribution is 0.0599. The van der Waals surface area contributed by atoms with E-state index >= 15 is 0 Å². The highest BCUT2D eigenvalue weighted by atomic mass is 16.5. The van der Waals surface area contributed by atoms with Crippen LogP contribution in [0.2, 0.25) is 0 Å². The minimum absolute atomic E-state index is 0.271. The van der Waals surface area contributed by atoms with Crippen LogP contribution in [0.3, 0.4) is 0 Å². The third-order valence-corrected chi connectivity index (χ3v) is 3.91. The Morgan fingerprint density at radius 3 is 2.86 bits per heavy atom. The smallest absolute Gasteiger partial charge is 0.338 e. The van der Waals surface area contributed by atoms with Crippen molar-refractivity contribution < 1.29 is 14.3 Å². The molecule has 1 heterocycles. The number of carbonyl (C=O) groups is 1. The molecule has 1 aromatic rings. The lowest BCUT2D eigenvalue weighted by atomic mass is 9.98. The summed E-state index contributed by atoms with van der Waals surface area (Å²) in [7, 11) is 3.10. The fourth-order valence-electron chi connectivity index (χ4n) is 2.72. The Bertz CT molecular complexity index is 511. The molecule has 0 spiro atoms. The maximum atomic E-state index is 11.8. The average molecular weight is 289 g/mol. The highest BCUT2D eigenvalue weighted by Crippen LogP contribution is 2.20. The quantitative estimate of drug-likeness (QED) is 0.798. The number of nitrogens with zero attached hydrogens (tertiary/aromatic N) is 1. The first-order valence-electron chi connectivity index (χ1n) is 7.51. The van der Waals surface area contributed by atoms with Gasteiger partial charge in [-0.05, 0) is 37.3 Å². The normalized spacial score (nSPS) is 18.6. The molecule has 1 unspecified atom stereocenters. The molecular weight excluding hydrogens is 266 g/mol. The van der Waals surface area contributed by atoms with E-state index in [9.17, 15) is 4.79 Å². The monoisotopic (exact) mass is 289 g/mol. The third-order valence-electron chi connectivity index (χ3n) is 3.91. The van der Waals surface area contributed by atoms with Gasteiger partial charge in [-0.1, -0.05) is 24.6 Å². The summed E-state index contributed by atoms with van der Waals surface area (Å²) in [6, 6.07) is 7.91. The van der Waals surface area contributed by atoms with Crippen LogP contribution in [0.4, 0.5) is 0 Å². The SMILES string of the molecule is COC(=O)c1ccccc1CCC1CCCCC(OC)=N1. The van der Waals surface area contributed by atoms with Crippen molar-refractivity contribution in [1.29, 1.82) is 0 Å². The van der Waals surface area contributed by atoms with E-state index in [0.717, 1.165) is 43.6 Å². The molecule has 0 saturated carbocycles. The van der Waals surface area contributed by atoms with E-state index in [1.165, 1.54) is 13.5 Å². The van der Waals surface area contributed by atoms with Crippen LogP contribution in [0.15, 0.2) is 29.3 Å². The average Bonchev–Trinajstić information content (AvgIpc) is 2.77. The van der Waals surface area contributed by atoms with Gasteiger partial charge in [0.1, 0.15) is 0 Å². The van der Waals surface area contributed by atoms with Gasteiger partial charge in [-0.3, -0.25) is 4.99 Å². The number of methoxy groups -OCH3 is 2. The van der Waals surface area contributed by atoms with Gasteiger partial charge >= 0.3 is 5.97 Å². The van der Waals surface area contributed by atoms with Crippen LogP contribution in [0, 0.1) is 0 Å².